The number of hydrogen-bond acceptors (Lipinski definition) is 2. The zero-order valence-corrected chi connectivity index (χ0v) is 8.85. The zero-order valence-electron chi connectivity index (χ0n) is 8.04. The number of likely N-dealkylation sites (tertiary alicyclic amines) is 1. The van der Waals surface area contributed by atoms with Crippen LogP contribution in [0.25, 0.3) is 0 Å². The summed E-state index contributed by atoms with van der Waals surface area (Å²) < 4.78 is 0. The molecule has 0 spiro atoms. The number of thiocarbonyl (C=S) groups is 1. The first-order valence-corrected chi connectivity index (χ1v) is 5.70. The monoisotopic (exact) mass is 198 g/mol. The van der Waals surface area contributed by atoms with Crippen molar-refractivity contribution >= 4 is 17.2 Å². The molecular formula is C10H18N2S. The van der Waals surface area contributed by atoms with Gasteiger partial charge in [-0.3, -0.25) is 4.90 Å². The fourth-order valence-electron chi connectivity index (χ4n) is 2.90. The molecule has 0 amide bonds. The van der Waals surface area contributed by atoms with Crippen LogP contribution < -0.4 is 5.73 Å². The van der Waals surface area contributed by atoms with Crippen LogP contribution in [0.1, 0.15) is 32.1 Å². The van der Waals surface area contributed by atoms with Crippen molar-refractivity contribution in [3.05, 3.63) is 0 Å². The van der Waals surface area contributed by atoms with E-state index >= 15 is 0 Å². The van der Waals surface area contributed by atoms with Crippen LogP contribution in [0, 0.1) is 5.92 Å². The Morgan fingerprint density at radius 1 is 1.31 bits per heavy atom. The molecule has 0 radical (unpaired) electrons. The molecule has 2 nitrogen and oxygen atoms in total. The van der Waals surface area contributed by atoms with Crippen molar-refractivity contribution in [2.45, 2.75) is 38.1 Å². The highest BCUT2D eigenvalue weighted by Gasteiger charge is 2.35. The van der Waals surface area contributed by atoms with Gasteiger partial charge >= 0.3 is 0 Å². The smallest absolute Gasteiger partial charge is 0.0870 e. The van der Waals surface area contributed by atoms with Crippen LogP contribution >= 0.6 is 12.2 Å². The topological polar surface area (TPSA) is 29.3 Å². The average molecular weight is 198 g/mol. The maximum Gasteiger partial charge on any atom is 0.0870 e. The molecule has 1 heterocycles. The van der Waals surface area contributed by atoms with E-state index in [0.717, 1.165) is 18.5 Å². The number of fused-ring (bicyclic) bond motifs is 1. The standard InChI is InChI=1S/C10H18N2S/c11-10(13)7-12-6-5-8-3-1-2-4-9(8)12/h8-9H,1-7H2,(H2,11,13). The lowest BCUT2D eigenvalue weighted by atomic mass is 9.85. The van der Waals surface area contributed by atoms with E-state index in [-0.39, 0.29) is 0 Å². The molecular weight excluding hydrogens is 180 g/mol. The van der Waals surface area contributed by atoms with Gasteiger partial charge in [0.1, 0.15) is 0 Å². The predicted octanol–water partition coefficient (Wildman–Crippen LogP) is 1.54. The Bertz CT molecular complexity index is 205. The summed E-state index contributed by atoms with van der Waals surface area (Å²) in [6, 6.07) is 0.801. The van der Waals surface area contributed by atoms with Gasteiger partial charge in [0.05, 0.1) is 4.99 Å². The van der Waals surface area contributed by atoms with Crippen molar-refractivity contribution in [3.8, 4) is 0 Å². The van der Waals surface area contributed by atoms with Crippen molar-refractivity contribution in [2.24, 2.45) is 11.7 Å². The van der Waals surface area contributed by atoms with Crippen molar-refractivity contribution < 1.29 is 0 Å². The van der Waals surface area contributed by atoms with Crippen molar-refractivity contribution in [3.63, 3.8) is 0 Å². The molecule has 2 aliphatic rings. The molecule has 0 bridgehead atoms. The highest BCUT2D eigenvalue weighted by molar-refractivity contribution is 7.80. The fraction of sp³-hybridized carbons (Fsp3) is 0.900. The summed E-state index contributed by atoms with van der Waals surface area (Å²) in [6.07, 6.45) is 7.00. The lowest BCUT2D eigenvalue weighted by Crippen LogP contribution is -2.39. The summed E-state index contributed by atoms with van der Waals surface area (Å²) in [7, 11) is 0. The third-order valence-corrected chi connectivity index (χ3v) is 3.61. The minimum atomic E-state index is 0.659. The Morgan fingerprint density at radius 3 is 2.85 bits per heavy atom. The molecule has 74 valence electrons. The Balaban J connectivity index is 1.94. The second-order valence-corrected chi connectivity index (χ2v) is 4.86. The first-order chi connectivity index (χ1) is 6.27. The maximum atomic E-state index is 5.58. The molecule has 1 aliphatic heterocycles. The van der Waals surface area contributed by atoms with Crippen LogP contribution in [0.2, 0.25) is 0 Å². The van der Waals surface area contributed by atoms with Gasteiger partial charge in [-0.15, -0.1) is 0 Å². The number of nitrogens with zero attached hydrogens (tertiary/aromatic N) is 1. The van der Waals surface area contributed by atoms with Crippen LogP contribution in [-0.4, -0.2) is 29.0 Å². The molecule has 13 heavy (non-hydrogen) atoms. The van der Waals surface area contributed by atoms with Gasteiger partial charge in [-0.05, 0) is 31.7 Å². The van der Waals surface area contributed by atoms with E-state index in [1.807, 2.05) is 0 Å². The number of hydrogen-bond donors (Lipinski definition) is 1. The second-order valence-electron chi connectivity index (χ2n) is 4.34. The van der Waals surface area contributed by atoms with Gasteiger partial charge in [-0.1, -0.05) is 25.1 Å². The summed E-state index contributed by atoms with van der Waals surface area (Å²) in [4.78, 5) is 3.15. The largest absolute Gasteiger partial charge is 0.392 e. The third kappa shape index (κ3) is 2.02. The van der Waals surface area contributed by atoms with E-state index < -0.39 is 0 Å². The van der Waals surface area contributed by atoms with E-state index in [1.54, 1.807) is 0 Å². The first-order valence-electron chi connectivity index (χ1n) is 5.30. The zero-order chi connectivity index (χ0) is 9.26. The van der Waals surface area contributed by atoms with Crippen molar-refractivity contribution in [1.29, 1.82) is 0 Å². The average Bonchev–Trinajstić information content (AvgIpc) is 2.48. The molecule has 1 saturated heterocycles. The Hall–Kier alpha value is -0.150. The quantitative estimate of drug-likeness (QED) is 0.682. The van der Waals surface area contributed by atoms with Gasteiger partial charge in [-0.25, -0.2) is 0 Å². The molecule has 0 aromatic heterocycles. The molecule has 0 aromatic rings. The van der Waals surface area contributed by atoms with E-state index in [0.29, 0.717) is 4.99 Å². The lowest BCUT2D eigenvalue weighted by Gasteiger charge is -2.31. The van der Waals surface area contributed by atoms with Crippen LogP contribution in [0.4, 0.5) is 0 Å². The summed E-state index contributed by atoms with van der Waals surface area (Å²) in [5.41, 5.74) is 5.58. The molecule has 1 saturated carbocycles. The molecule has 2 rings (SSSR count). The summed E-state index contributed by atoms with van der Waals surface area (Å²) in [5, 5.41) is 0. The fourth-order valence-corrected chi connectivity index (χ4v) is 3.07. The molecule has 0 aromatic carbocycles. The van der Waals surface area contributed by atoms with Gasteiger partial charge < -0.3 is 5.73 Å². The SMILES string of the molecule is NC(=S)CN1CCC2CCCCC21. The Kier molecular flexibility index (Phi) is 2.84. The van der Waals surface area contributed by atoms with Gasteiger partial charge in [0.15, 0.2) is 0 Å². The summed E-state index contributed by atoms with van der Waals surface area (Å²) >= 11 is 4.96. The van der Waals surface area contributed by atoms with Gasteiger partial charge in [0.2, 0.25) is 0 Å². The first kappa shape index (κ1) is 9.41. The highest BCUT2D eigenvalue weighted by atomic mass is 32.1. The Morgan fingerprint density at radius 2 is 2.08 bits per heavy atom. The van der Waals surface area contributed by atoms with Crippen molar-refractivity contribution in [2.75, 3.05) is 13.1 Å². The van der Waals surface area contributed by atoms with E-state index in [4.69, 9.17) is 18.0 Å². The molecule has 2 N–H and O–H groups in total. The van der Waals surface area contributed by atoms with Crippen LogP contribution in [-0.2, 0) is 0 Å². The lowest BCUT2D eigenvalue weighted by molar-refractivity contribution is 0.203. The molecule has 2 atom stereocenters. The molecule has 1 aliphatic carbocycles. The Labute approximate surface area is 85.5 Å². The van der Waals surface area contributed by atoms with Gasteiger partial charge in [-0.2, -0.15) is 0 Å². The number of nitrogens with two attached hydrogens (primary N) is 1. The maximum absolute atomic E-state index is 5.58. The molecule has 2 fully saturated rings. The third-order valence-electron chi connectivity index (χ3n) is 3.48. The molecule has 3 heteroatoms. The number of rotatable bonds is 2. The van der Waals surface area contributed by atoms with Crippen LogP contribution in [0.5, 0.6) is 0 Å². The minimum Gasteiger partial charge on any atom is -0.392 e. The van der Waals surface area contributed by atoms with Gasteiger partial charge in [0, 0.05) is 12.6 Å². The molecule has 2 unspecified atom stereocenters. The highest BCUT2D eigenvalue weighted by Crippen LogP contribution is 2.35. The normalized spacial score (nSPS) is 34.5. The van der Waals surface area contributed by atoms with Gasteiger partial charge in [0.25, 0.3) is 0 Å². The van der Waals surface area contributed by atoms with Crippen LogP contribution in [0.3, 0.4) is 0 Å². The summed E-state index contributed by atoms with van der Waals surface area (Å²) in [5.74, 6) is 0.947. The summed E-state index contributed by atoms with van der Waals surface area (Å²) in [6.45, 7) is 2.06. The second kappa shape index (κ2) is 3.93. The van der Waals surface area contributed by atoms with E-state index in [9.17, 15) is 0 Å². The van der Waals surface area contributed by atoms with Crippen molar-refractivity contribution in [1.82, 2.24) is 4.90 Å². The minimum absolute atomic E-state index is 0.659. The van der Waals surface area contributed by atoms with E-state index in [2.05, 4.69) is 4.90 Å². The predicted molar refractivity (Wildman–Crippen MR) is 58.7 cm³/mol. The van der Waals surface area contributed by atoms with Crippen LogP contribution in [0.15, 0.2) is 0 Å². The van der Waals surface area contributed by atoms with E-state index in [1.165, 1.54) is 38.6 Å².